The molecule has 2 atom stereocenters. The molecular weight excluding hydrogens is 318 g/mol. The Morgan fingerprint density at radius 2 is 1.90 bits per heavy atom. The van der Waals surface area contributed by atoms with Crippen LogP contribution in [0.3, 0.4) is 0 Å². The van der Waals surface area contributed by atoms with E-state index in [4.69, 9.17) is 10.5 Å². The number of aromatic nitrogens is 2. The van der Waals surface area contributed by atoms with Crippen molar-refractivity contribution in [2.45, 2.75) is 38.1 Å². The Hall–Kier alpha value is -0.790. The molecule has 2 N–H and O–H groups in total. The summed E-state index contributed by atoms with van der Waals surface area (Å²) in [6.07, 6.45) is -3.09. The van der Waals surface area contributed by atoms with E-state index in [1.807, 2.05) is 0 Å². The number of halogens is 5. The van der Waals surface area contributed by atoms with Crippen LogP contribution in [0.1, 0.15) is 31.5 Å². The molecule has 4 nitrogen and oxygen atoms in total. The van der Waals surface area contributed by atoms with Gasteiger partial charge in [0.2, 0.25) is 5.88 Å². The molecule has 1 saturated carbocycles. The molecule has 1 heterocycles. The van der Waals surface area contributed by atoms with Gasteiger partial charge in [0.15, 0.2) is 6.10 Å². The maximum atomic E-state index is 12.3. The highest BCUT2D eigenvalue weighted by atomic mass is 35.5. The maximum absolute atomic E-state index is 12.3. The van der Waals surface area contributed by atoms with Crippen molar-refractivity contribution in [2.75, 3.05) is 0 Å². The smallest absolute Gasteiger partial charge is 0.425 e. The number of nitrogens with zero attached hydrogens (tertiary/aromatic N) is 2. The lowest BCUT2D eigenvalue weighted by Gasteiger charge is -2.17. The monoisotopic (exact) mass is 333 g/mol. The van der Waals surface area contributed by atoms with Gasteiger partial charge in [-0.15, -0.1) is 24.8 Å². The summed E-state index contributed by atoms with van der Waals surface area (Å²) < 4.78 is 41.8. The standard InChI is InChI=1S/C11H14F3N3O.2ClH/c1-6(11(12,13)14)18-9-4-8(16-5-17-9)10(15)7-2-3-7;;/h4-7,10H,2-3,15H2,1H3;2*1H/t6-,10?;;/m1../s1. The number of alkyl halides is 3. The SMILES string of the molecule is C[C@@H](Oc1cc(C(N)C2CC2)ncn1)C(F)(F)F.Cl.Cl. The van der Waals surface area contributed by atoms with Crippen LogP contribution in [-0.2, 0) is 0 Å². The van der Waals surface area contributed by atoms with E-state index in [0.717, 1.165) is 19.8 Å². The Morgan fingerprint density at radius 3 is 2.40 bits per heavy atom. The number of rotatable bonds is 4. The molecule has 0 aromatic carbocycles. The molecule has 1 aliphatic rings. The van der Waals surface area contributed by atoms with Crippen LogP contribution in [0.5, 0.6) is 5.88 Å². The summed E-state index contributed by atoms with van der Waals surface area (Å²) in [4.78, 5) is 7.64. The summed E-state index contributed by atoms with van der Waals surface area (Å²) in [5.74, 6) is 0.272. The topological polar surface area (TPSA) is 61.0 Å². The van der Waals surface area contributed by atoms with E-state index in [-0.39, 0.29) is 36.7 Å². The Labute approximate surface area is 127 Å². The lowest BCUT2D eigenvalue weighted by Crippen LogP contribution is -2.31. The summed E-state index contributed by atoms with van der Waals surface area (Å²) in [5.41, 5.74) is 6.44. The van der Waals surface area contributed by atoms with Gasteiger partial charge >= 0.3 is 6.18 Å². The highest BCUT2D eigenvalue weighted by Crippen LogP contribution is 2.39. The van der Waals surface area contributed by atoms with Gasteiger partial charge in [0.25, 0.3) is 0 Å². The molecule has 9 heteroatoms. The van der Waals surface area contributed by atoms with Crippen LogP contribution < -0.4 is 10.5 Å². The molecule has 2 rings (SSSR count). The summed E-state index contributed by atoms with van der Waals surface area (Å²) in [7, 11) is 0. The fraction of sp³-hybridized carbons (Fsp3) is 0.636. The highest BCUT2D eigenvalue weighted by Gasteiger charge is 2.38. The lowest BCUT2D eigenvalue weighted by molar-refractivity contribution is -0.190. The second-order valence-electron chi connectivity index (χ2n) is 4.45. The summed E-state index contributed by atoms with van der Waals surface area (Å²) >= 11 is 0. The van der Waals surface area contributed by atoms with Gasteiger partial charge in [-0.25, -0.2) is 9.97 Å². The number of hydrogen-bond donors (Lipinski definition) is 1. The molecule has 1 aromatic heterocycles. The average Bonchev–Trinajstić information content (AvgIpc) is 3.11. The predicted octanol–water partition coefficient (Wildman–Crippen LogP) is 3.06. The third kappa shape index (κ3) is 4.96. The fourth-order valence-electron chi connectivity index (χ4n) is 1.54. The van der Waals surface area contributed by atoms with Crippen molar-refractivity contribution in [2.24, 2.45) is 11.7 Å². The van der Waals surface area contributed by atoms with E-state index in [1.54, 1.807) is 0 Å². The molecule has 0 bridgehead atoms. The molecule has 0 radical (unpaired) electrons. The van der Waals surface area contributed by atoms with E-state index < -0.39 is 12.3 Å². The quantitative estimate of drug-likeness (QED) is 0.919. The van der Waals surface area contributed by atoms with E-state index in [2.05, 4.69) is 9.97 Å². The summed E-state index contributed by atoms with van der Waals surface area (Å²) in [6, 6.07) is 1.13. The first-order chi connectivity index (χ1) is 8.38. The predicted molar refractivity (Wildman–Crippen MR) is 72.3 cm³/mol. The molecular formula is C11H16Cl2F3N3O. The van der Waals surface area contributed by atoms with Crippen molar-refractivity contribution in [1.29, 1.82) is 0 Å². The van der Waals surface area contributed by atoms with Gasteiger partial charge in [0.05, 0.1) is 11.7 Å². The first-order valence-corrected chi connectivity index (χ1v) is 5.69. The molecule has 0 spiro atoms. The van der Waals surface area contributed by atoms with Crippen LogP contribution in [0, 0.1) is 5.92 Å². The zero-order valence-corrected chi connectivity index (χ0v) is 12.3. The van der Waals surface area contributed by atoms with Crippen molar-refractivity contribution in [3.8, 4) is 5.88 Å². The van der Waals surface area contributed by atoms with Gasteiger partial charge in [-0.3, -0.25) is 0 Å². The third-order valence-electron chi connectivity index (χ3n) is 2.89. The molecule has 116 valence electrons. The lowest BCUT2D eigenvalue weighted by atomic mass is 10.1. The van der Waals surface area contributed by atoms with Gasteiger partial charge in [-0.2, -0.15) is 13.2 Å². The fourth-order valence-corrected chi connectivity index (χ4v) is 1.54. The molecule has 0 amide bonds. The van der Waals surface area contributed by atoms with Crippen molar-refractivity contribution in [3.63, 3.8) is 0 Å². The minimum absolute atomic E-state index is 0. The Balaban J connectivity index is 0.00000180. The van der Waals surface area contributed by atoms with Crippen LogP contribution >= 0.6 is 24.8 Å². The Bertz CT molecular complexity index is 430. The normalized spacial score (nSPS) is 17.4. The van der Waals surface area contributed by atoms with Crippen LogP contribution in [0.2, 0.25) is 0 Å². The number of hydrogen-bond acceptors (Lipinski definition) is 4. The Kier molecular flexibility index (Phi) is 7.00. The highest BCUT2D eigenvalue weighted by molar-refractivity contribution is 5.85. The van der Waals surface area contributed by atoms with E-state index in [0.29, 0.717) is 11.6 Å². The van der Waals surface area contributed by atoms with Crippen LogP contribution in [0.25, 0.3) is 0 Å². The molecule has 1 fully saturated rings. The maximum Gasteiger partial charge on any atom is 0.425 e. The first-order valence-electron chi connectivity index (χ1n) is 5.69. The van der Waals surface area contributed by atoms with E-state index in [1.165, 1.54) is 12.4 Å². The summed E-state index contributed by atoms with van der Waals surface area (Å²) in [5, 5.41) is 0. The zero-order chi connectivity index (χ0) is 13.3. The third-order valence-corrected chi connectivity index (χ3v) is 2.89. The molecule has 1 aliphatic carbocycles. The van der Waals surface area contributed by atoms with Crippen molar-refractivity contribution < 1.29 is 17.9 Å². The van der Waals surface area contributed by atoms with Crippen LogP contribution in [-0.4, -0.2) is 22.2 Å². The minimum Gasteiger partial charge on any atom is -0.465 e. The minimum atomic E-state index is -4.41. The van der Waals surface area contributed by atoms with Crippen molar-refractivity contribution >= 4 is 24.8 Å². The second kappa shape index (κ2) is 7.28. The molecule has 1 unspecified atom stereocenters. The molecule has 0 saturated heterocycles. The largest absolute Gasteiger partial charge is 0.465 e. The van der Waals surface area contributed by atoms with E-state index >= 15 is 0 Å². The van der Waals surface area contributed by atoms with Gasteiger partial charge in [0.1, 0.15) is 6.33 Å². The van der Waals surface area contributed by atoms with Crippen LogP contribution in [0.15, 0.2) is 12.4 Å². The molecule has 20 heavy (non-hydrogen) atoms. The van der Waals surface area contributed by atoms with Gasteiger partial charge in [-0.1, -0.05) is 0 Å². The van der Waals surface area contributed by atoms with Crippen LogP contribution in [0.4, 0.5) is 13.2 Å². The first kappa shape index (κ1) is 19.2. The van der Waals surface area contributed by atoms with Gasteiger partial charge in [-0.05, 0) is 25.7 Å². The zero-order valence-electron chi connectivity index (χ0n) is 10.6. The average molecular weight is 334 g/mol. The number of nitrogens with two attached hydrogens (primary N) is 1. The van der Waals surface area contributed by atoms with Gasteiger partial charge < -0.3 is 10.5 Å². The van der Waals surface area contributed by atoms with Gasteiger partial charge in [0, 0.05) is 6.07 Å². The molecule has 1 aromatic rings. The summed E-state index contributed by atoms with van der Waals surface area (Å²) in [6.45, 7) is 0.933. The number of ether oxygens (including phenoxy) is 1. The second-order valence-corrected chi connectivity index (χ2v) is 4.45. The van der Waals surface area contributed by atoms with Crippen molar-refractivity contribution in [1.82, 2.24) is 9.97 Å². The van der Waals surface area contributed by atoms with Crippen molar-refractivity contribution in [3.05, 3.63) is 18.1 Å². The Morgan fingerprint density at radius 1 is 1.30 bits per heavy atom. The molecule has 0 aliphatic heterocycles. The van der Waals surface area contributed by atoms with E-state index in [9.17, 15) is 13.2 Å².